The Morgan fingerprint density at radius 3 is 3.00 bits per heavy atom. The number of rotatable bonds is 2. The predicted octanol–water partition coefficient (Wildman–Crippen LogP) is 0.745. The Kier molecular flexibility index (Phi) is 3.33. The van der Waals surface area contributed by atoms with Crippen molar-refractivity contribution in [1.29, 1.82) is 0 Å². The van der Waals surface area contributed by atoms with Gasteiger partial charge in [-0.15, -0.1) is 0 Å². The van der Waals surface area contributed by atoms with Crippen molar-refractivity contribution in [2.45, 2.75) is 18.9 Å². The van der Waals surface area contributed by atoms with E-state index in [9.17, 15) is 4.79 Å². The van der Waals surface area contributed by atoms with Gasteiger partial charge >= 0.3 is 0 Å². The third kappa shape index (κ3) is 2.97. The van der Waals surface area contributed by atoms with E-state index in [0.717, 1.165) is 13.0 Å². The number of anilines is 2. The lowest BCUT2D eigenvalue weighted by molar-refractivity contribution is -0.132. The van der Waals surface area contributed by atoms with E-state index in [1.807, 2.05) is 0 Å². The number of hydrogen-bond donors (Lipinski definition) is 2. The highest BCUT2D eigenvalue weighted by atomic mass is 35.5. The van der Waals surface area contributed by atoms with Crippen LogP contribution in [0.1, 0.15) is 12.8 Å². The highest BCUT2D eigenvalue weighted by molar-refractivity contribution is 6.29. The van der Waals surface area contributed by atoms with E-state index in [0.29, 0.717) is 17.4 Å². The lowest BCUT2D eigenvalue weighted by Crippen LogP contribution is -2.41. The number of hydrogen-bond acceptors (Lipinski definition) is 5. The Morgan fingerprint density at radius 1 is 1.59 bits per heavy atom. The normalized spacial score (nSPS) is 20.5. The average molecular weight is 256 g/mol. The van der Waals surface area contributed by atoms with Gasteiger partial charge in [0.1, 0.15) is 11.0 Å². The van der Waals surface area contributed by atoms with Crippen LogP contribution in [-0.4, -0.2) is 40.4 Å². The number of carbonyl (C=O) groups excluding carboxylic acids is 1. The summed E-state index contributed by atoms with van der Waals surface area (Å²) in [4.78, 5) is 21.0. The quantitative estimate of drug-likeness (QED) is 0.762. The number of nitrogens with one attached hydrogen (secondary N) is 1. The van der Waals surface area contributed by atoms with E-state index in [4.69, 9.17) is 17.3 Å². The molecule has 1 aromatic heterocycles. The fourth-order valence-electron chi connectivity index (χ4n) is 1.78. The summed E-state index contributed by atoms with van der Waals surface area (Å²) >= 11 is 5.77. The van der Waals surface area contributed by atoms with Crippen LogP contribution >= 0.6 is 11.6 Å². The van der Waals surface area contributed by atoms with Crippen LogP contribution in [-0.2, 0) is 4.79 Å². The molecule has 0 radical (unpaired) electrons. The second-order valence-corrected chi connectivity index (χ2v) is 4.47. The van der Waals surface area contributed by atoms with Crippen LogP contribution in [0, 0.1) is 0 Å². The summed E-state index contributed by atoms with van der Waals surface area (Å²) in [7, 11) is 1.80. The van der Waals surface area contributed by atoms with Gasteiger partial charge in [0.25, 0.3) is 0 Å². The number of amides is 1. The van der Waals surface area contributed by atoms with Crippen molar-refractivity contribution < 1.29 is 4.79 Å². The van der Waals surface area contributed by atoms with Crippen molar-refractivity contribution >= 4 is 29.3 Å². The first-order chi connectivity index (χ1) is 8.04. The molecule has 7 heteroatoms. The first-order valence-electron chi connectivity index (χ1n) is 5.35. The minimum Gasteiger partial charge on any atom is -0.368 e. The first-order valence-corrected chi connectivity index (χ1v) is 5.73. The highest BCUT2D eigenvalue weighted by Gasteiger charge is 2.23. The van der Waals surface area contributed by atoms with E-state index in [-0.39, 0.29) is 17.9 Å². The topological polar surface area (TPSA) is 84.1 Å². The molecule has 3 N–H and O–H groups in total. The summed E-state index contributed by atoms with van der Waals surface area (Å²) in [6, 6.07) is 1.67. The van der Waals surface area contributed by atoms with Crippen LogP contribution in [0.2, 0.25) is 5.15 Å². The molecule has 0 spiro atoms. The fraction of sp³-hybridized carbons (Fsp3) is 0.500. The lowest BCUT2D eigenvalue weighted by atomic mass is 10.1. The zero-order valence-corrected chi connectivity index (χ0v) is 10.2. The van der Waals surface area contributed by atoms with E-state index < -0.39 is 0 Å². The number of likely N-dealkylation sites (tertiary alicyclic amines) is 1. The predicted molar refractivity (Wildman–Crippen MR) is 65.7 cm³/mol. The number of nitrogens with zero attached hydrogens (tertiary/aromatic N) is 3. The molecule has 92 valence electrons. The summed E-state index contributed by atoms with van der Waals surface area (Å²) in [5.41, 5.74) is 5.49. The Hall–Kier alpha value is -1.56. The number of halogens is 1. The Morgan fingerprint density at radius 2 is 2.35 bits per heavy atom. The maximum atomic E-state index is 11.5. The molecule has 0 aromatic carbocycles. The molecule has 1 aliphatic rings. The number of nitrogens with two attached hydrogens (primary N) is 1. The van der Waals surface area contributed by atoms with Gasteiger partial charge in [-0.2, -0.15) is 4.98 Å². The van der Waals surface area contributed by atoms with Gasteiger partial charge in [-0.3, -0.25) is 4.79 Å². The van der Waals surface area contributed by atoms with Gasteiger partial charge in [-0.05, 0) is 6.42 Å². The zero-order valence-electron chi connectivity index (χ0n) is 9.48. The molecule has 1 atom stereocenters. The molecule has 6 nitrogen and oxygen atoms in total. The molecule has 1 aliphatic heterocycles. The molecule has 1 unspecified atom stereocenters. The Labute approximate surface area is 104 Å². The smallest absolute Gasteiger partial charge is 0.224 e. The highest BCUT2D eigenvalue weighted by Crippen LogP contribution is 2.18. The van der Waals surface area contributed by atoms with Gasteiger partial charge in [-0.25, -0.2) is 4.98 Å². The molecule has 1 saturated heterocycles. The number of aromatic nitrogens is 2. The largest absolute Gasteiger partial charge is 0.368 e. The van der Waals surface area contributed by atoms with Gasteiger partial charge < -0.3 is 16.0 Å². The van der Waals surface area contributed by atoms with E-state index in [1.54, 1.807) is 18.0 Å². The summed E-state index contributed by atoms with van der Waals surface area (Å²) < 4.78 is 0. The second-order valence-electron chi connectivity index (χ2n) is 4.08. The molecule has 2 heterocycles. The minimum absolute atomic E-state index is 0.0732. The molecule has 17 heavy (non-hydrogen) atoms. The van der Waals surface area contributed by atoms with Crippen LogP contribution in [0.25, 0.3) is 0 Å². The van der Waals surface area contributed by atoms with Crippen LogP contribution in [0.3, 0.4) is 0 Å². The van der Waals surface area contributed by atoms with Crippen molar-refractivity contribution in [3.8, 4) is 0 Å². The fourth-order valence-corrected chi connectivity index (χ4v) is 1.97. The van der Waals surface area contributed by atoms with Crippen LogP contribution in [0.15, 0.2) is 6.07 Å². The molecular formula is C10H14ClN5O. The molecule has 2 rings (SSSR count). The summed E-state index contributed by atoms with van der Waals surface area (Å²) in [5, 5.41) is 3.44. The third-order valence-electron chi connectivity index (χ3n) is 2.72. The average Bonchev–Trinajstić information content (AvgIpc) is 2.22. The van der Waals surface area contributed by atoms with E-state index in [2.05, 4.69) is 15.3 Å². The number of nitrogen functional groups attached to an aromatic ring is 1. The second kappa shape index (κ2) is 4.75. The first kappa shape index (κ1) is 11.9. The van der Waals surface area contributed by atoms with Crippen LogP contribution in [0.4, 0.5) is 11.8 Å². The number of carbonyl (C=O) groups is 1. The lowest BCUT2D eigenvalue weighted by Gasteiger charge is -2.29. The van der Waals surface area contributed by atoms with Crippen molar-refractivity contribution in [1.82, 2.24) is 14.9 Å². The van der Waals surface area contributed by atoms with E-state index >= 15 is 0 Å². The number of piperidine rings is 1. The molecule has 1 fully saturated rings. The van der Waals surface area contributed by atoms with Crippen molar-refractivity contribution in [2.24, 2.45) is 0 Å². The summed E-state index contributed by atoms with van der Waals surface area (Å²) in [6.45, 7) is 0.741. The summed E-state index contributed by atoms with van der Waals surface area (Å²) in [6.07, 6.45) is 1.34. The molecule has 0 bridgehead atoms. The molecule has 0 aliphatic carbocycles. The maximum Gasteiger partial charge on any atom is 0.224 e. The van der Waals surface area contributed by atoms with Crippen LogP contribution in [0.5, 0.6) is 0 Å². The molecule has 1 amide bonds. The maximum absolute atomic E-state index is 11.5. The molecule has 1 aromatic rings. The Balaban J connectivity index is 2.03. The van der Waals surface area contributed by atoms with Gasteiger partial charge in [0.2, 0.25) is 11.9 Å². The molecule has 0 saturated carbocycles. The van der Waals surface area contributed by atoms with Crippen molar-refractivity contribution in [3.05, 3.63) is 11.2 Å². The standard InChI is InChI=1S/C10H14ClN5O/c1-16-3-2-6(4-9(16)17)13-8-5-7(11)14-10(12)15-8/h5-6H,2-4H2,1H3,(H3,12,13,14,15). The van der Waals surface area contributed by atoms with Gasteiger partial charge in [0.05, 0.1) is 0 Å². The van der Waals surface area contributed by atoms with E-state index in [1.165, 1.54) is 0 Å². The summed E-state index contributed by atoms with van der Waals surface area (Å²) in [5.74, 6) is 0.811. The van der Waals surface area contributed by atoms with Crippen molar-refractivity contribution in [3.63, 3.8) is 0 Å². The van der Waals surface area contributed by atoms with Gasteiger partial charge in [0.15, 0.2) is 0 Å². The molecular weight excluding hydrogens is 242 g/mol. The van der Waals surface area contributed by atoms with Crippen LogP contribution < -0.4 is 11.1 Å². The van der Waals surface area contributed by atoms with Gasteiger partial charge in [0, 0.05) is 32.1 Å². The van der Waals surface area contributed by atoms with Gasteiger partial charge in [-0.1, -0.05) is 11.6 Å². The minimum atomic E-state index is 0.0732. The third-order valence-corrected chi connectivity index (χ3v) is 2.92. The monoisotopic (exact) mass is 255 g/mol. The van der Waals surface area contributed by atoms with Crippen molar-refractivity contribution in [2.75, 3.05) is 24.6 Å². The SMILES string of the molecule is CN1CCC(Nc2cc(Cl)nc(N)n2)CC1=O. The zero-order chi connectivity index (χ0) is 12.4. The Bertz CT molecular complexity index is 418.